The molecule has 10 nitrogen and oxygen atoms in total. The fourth-order valence-corrected chi connectivity index (χ4v) is 3.43. The van der Waals surface area contributed by atoms with E-state index in [1.54, 1.807) is 39.9 Å². The lowest BCUT2D eigenvalue weighted by Gasteiger charge is -2.22. The molecule has 0 radical (unpaired) electrons. The Morgan fingerprint density at radius 3 is 2.96 bits per heavy atom. The second kappa shape index (κ2) is 6.57. The van der Waals surface area contributed by atoms with E-state index in [1.807, 2.05) is 19.1 Å². The number of hydrogen-bond donors (Lipinski definition) is 1. The van der Waals surface area contributed by atoms with Crippen molar-refractivity contribution in [2.45, 2.75) is 19.0 Å². The largest absolute Gasteiger partial charge is 0.377 e. The maximum absolute atomic E-state index is 12.5. The molecule has 10 heteroatoms. The summed E-state index contributed by atoms with van der Waals surface area (Å²) >= 11 is 0. The third-order valence-electron chi connectivity index (χ3n) is 4.74. The van der Waals surface area contributed by atoms with Crippen molar-refractivity contribution in [2.24, 2.45) is 0 Å². The maximum atomic E-state index is 12.5. The molecule has 4 aromatic rings. The van der Waals surface area contributed by atoms with E-state index in [0.717, 1.165) is 17.2 Å². The Balaban J connectivity index is 1.50. The van der Waals surface area contributed by atoms with Crippen LogP contribution in [0.25, 0.3) is 11.5 Å². The van der Waals surface area contributed by atoms with Gasteiger partial charge in [-0.2, -0.15) is 14.7 Å². The molecule has 28 heavy (non-hydrogen) atoms. The van der Waals surface area contributed by atoms with Crippen LogP contribution in [0.3, 0.4) is 0 Å². The highest BCUT2D eigenvalue weighted by atomic mass is 16.5. The quantitative estimate of drug-likeness (QED) is 0.561. The van der Waals surface area contributed by atoms with Gasteiger partial charge in [0.25, 0.3) is 5.56 Å². The summed E-state index contributed by atoms with van der Waals surface area (Å²) < 4.78 is 10.5. The average Bonchev–Trinajstić information content (AvgIpc) is 3.43. The number of nitrogens with one attached hydrogen (secondary N) is 1. The second-order valence-corrected chi connectivity index (χ2v) is 6.66. The average molecular weight is 378 g/mol. The molecule has 5 rings (SSSR count). The van der Waals surface area contributed by atoms with Gasteiger partial charge in [-0.3, -0.25) is 4.79 Å². The normalized spacial score (nSPS) is 19.3. The molecule has 0 bridgehead atoms. The molecule has 5 heterocycles. The molecular weight excluding hydrogens is 360 g/mol. The Hall–Kier alpha value is -3.53. The molecule has 1 aliphatic rings. The van der Waals surface area contributed by atoms with E-state index >= 15 is 0 Å². The SMILES string of the molecule is Cc1cc(NC2COCC2n2nc(-n3cccn3)ccc2=O)n2nccc2n1. The molecule has 1 fully saturated rings. The van der Waals surface area contributed by atoms with Crippen LogP contribution in [0.2, 0.25) is 0 Å². The van der Waals surface area contributed by atoms with Gasteiger partial charge in [-0.1, -0.05) is 0 Å². The highest BCUT2D eigenvalue weighted by Gasteiger charge is 2.32. The van der Waals surface area contributed by atoms with E-state index in [2.05, 4.69) is 25.6 Å². The smallest absolute Gasteiger partial charge is 0.267 e. The van der Waals surface area contributed by atoms with Crippen LogP contribution in [0.4, 0.5) is 5.82 Å². The zero-order chi connectivity index (χ0) is 19.1. The number of rotatable bonds is 4. The monoisotopic (exact) mass is 378 g/mol. The lowest BCUT2D eigenvalue weighted by molar-refractivity contribution is 0.182. The molecule has 2 unspecified atom stereocenters. The van der Waals surface area contributed by atoms with Gasteiger partial charge in [0, 0.05) is 36.3 Å². The van der Waals surface area contributed by atoms with E-state index in [4.69, 9.17) is 4.74 Å². The highest BCUT2D eigenvalue weighted by Crippen LogP contribution is 2.23. The third-order valence-corrected chi connectivity index (χ3v) is 4.74. The van der Waals surface area contributed by atoms with Crippen LogP contribution in [0, 0.1) is 6.92 Å². The van der Waals surface area contributed by atoms with Crippen LogP contribution >= 0.6 is 0 Å². The Kier molecular flexibility index (Phi) is 3.90. The number of anilines is 1. The molecule has 0 spiro atoms. The van der Waals surface area contributed by atoms with E-state index in [9.17, 15) is 4.79 Å². The molecule has 0 aliphatic carbocycles. The van der Waals surface area contributed by atoms with Gasteiger partial charge in [0.1, 0.15) is 11.9 Å². The minimum Gasteiger partial charge on any atom is -0.377 e. The highest BCUT2D eigenvalue weighted by molar-refractivity contribution is 5.49. The van der Waals surface area contributed by atoms with Gasteiger partial charge >= 0.3 is 0 Å². The summed E-state index contributed by atoms with van der Waals surface area (Å²) in [4.78, 5) is 17.0. The van der Waals surface area contributed by atoms with Crippen LogP contribution in [0.1, 0.15) is 11.7 Å². The van der Waals surface area contributed by atoms with Crippen molar-refractivity contribution in [3.05, 3.63) is 65.0 Å². The molecule has 142 valence electrons. The van der Waals surface area contributed by atoms with Crippen LogP contribution < -0.4 is 10.9 Å². The van der Waals surface area contributed by atoms with Gasteiger partial charge in [-0.25, -0.2) is 14.3 Å². The van der Waals surface area contributed by atoms with Crippen molar-refractivity contribution in [1.29, 1.82) is 0 Å². The zero-order valence-electron chi connectivity index (χ0n) is 15.1. The number of nitrogens with zero attached hydrogens (tertiary/aromatic N) is 7. The first kappa shape index (κ1) is 16.6. The van der Waals surface area contributed by atoms with Crippen molar-refractivity contribution in [1.82, 2.24) is 34.2 Å². The molecule has 0 amide bonds. The summed E-state index contributed by atoms with van der Waals surface area (Å²) in [6, 6.07) is 8.33. The van der Waals surface area contributed by atoms with Gasteiger partial charge in [0.05, 0.1) is 25.5 Å². The minimum absolute atomic E-state index is 0.146. The van der Waals surface area contributed by atoms with Crippen molar-refractivity contribution in [2.75, 3.05) is 18.5 Å². The Morgan fingerprint density at radius 2 is 2.11 bits per heavy atom. The first-order valence-corrected chi connectivity index (χ1v) is 8.94. The lowest BCUT2D eigenvalue weighted by atomic mass is 10.1. The number of aryl methyl sites for hydroxylation is 1. The molecule has 1 aliphatic heterocycles. The summed E-state index contributed by atoms with van der Waals surface area (Å²) in [5.41, 5.74) is 1.45. The summed E-state index contributed by atoms with van der Waals surface area (Å²) in [5.74, 6) is 1.37. The topological polar surface area (TPSA) is 104 Å². The van der Waals surface area contributed by atoms with Crippen molar-refractivity contribution in [3.63, 3.8) is 0 Å². The summed E-state index contributed by atoms with van der Waals surface area (Å²) in [6.45, 7) is 2.77. The fraction of sp³-hybridized carbons (Fsp3) is 0.278. The Labute approximate surface area is 159 Å². The van der Waals surface area contributed by atoms with E-state index in [1.165, 1.54) is 10.7 Å². The minimum atomic E-state index is -0.262. The summed E-state index contributed by atoms with van der Waals surface area (Å²) in [6.07, 6.45) is 5.16. The molecule has 1 saturated heterocycles. The van der Waals surface area contributed by atoms with Gasteiger partial charge in [0.15, 0.2) is 11.5 Å². The van der Waals surface area contributed by atoms with Gasteiger partial charge in [-0.05, 0) is 19.1 Å². The van der Waals surface area contributed by atoms with Crippen LogP contribution in [-0.4, -0.2) is 53.4 Å². The molecule has 2 atom stereocenters. The predicted octanol–water partition coefficient (Wildman–Crippen LogP) is 0.832. The standard InChI is InChI=1S/C18H18N8O2/c1-12-9-17(26-15(21-12)5-7-20-26)22-13-10-28-11-14(13)25-18(27)4-3-16(23-25)24-8-2-6-19-24/h2-9,13-14,22H,10-11H2,1H3. The molecule has 4 aromatic heterocycles. The van der Waals surface area contributed by atoms with Crippen LogP contribution in [-0.2, 0) is 4.74 Å². The summed E-state index contributed by atoms with van der Waals surface area (Å²) in [7, 11) is 0. The van der Waals surface area contributed by atoms with Gasteiger partial charge in [-0.15, -0.1) is 5.10 Å². The first-order chi connectivity index (χ1) is 13.7. The van der Waals surface area contributed by atoms with E-state index in [-0.39, 0.29) is 17.6 Å². The van der Waals surface area contributed by atoms with Crippen molar-refractivity contribution < 1.29 is 4.74 Å². The van der Waals surface area contributed by atoms with Crippen LogP contribution in [0.15, 0.2) is 53.7 Å². The first-order valence-electron chi connectivity index (χ1n) is 8.94. The van der Waals surface area contributed by atoms with Gasteiger partial charge in [0.2, 0.25) is 0 Å². The Bertz CT molecular complexity index is 1180. The number of ether oxygens (including phenoxy) is 1. The van der Waals surface area contributed by atoms with Crippen LogP contribution in [0.5, 0.6) is 0 Å². The summed E-state index contributed by atoms with van der Waals surface area (Å²) in [5, 5.41) is 16.5. The zero-order valence-corrected chi connectivity index (χ0v) is 15.1. The van der Waals surface area contributed by atoms with E-state index < -0.39 is 0 Å². The number of aromatic nitrogens is 7. The number of hydrogen-bond acceptors (Lipinski definition) is 7. The molecule has 0 saturated carbocycles. The maximum Gasteiger partial charge on any atom is 0.267 e. The number of fused-ring (bicyclic) bond motifs is 1. The van der Waals surface area contributed by atoms with E-state index in [0.29, 0.717) is 19.0 Å². The van der Waals surface area contributed by atoms with Crippen molar-refractivity contribution in [3.8, 4) is 5.82 Å². The second-order valence-electron chi connectivity index (χ2n) is 6.66. The molecule has 1 N–H and O–H groups in total. The third kappa shape index (κ3) is 2.83. The molecule has 0 aromatic carbocycles. The molecular formula is C18H18N8O2. The predicted molar refractivity (Wildman–Crippen MR) is 101 cm³/mol. The lowest BCUT2D eigenvalue weighted by Crippen LogP contribution is -2.38. The Morgan fingerprint density at radius 1 is 1.18 bits per heavy atom. The van der Waals surface area contributed by atoms with Gasteiger partial charge < -0.3 is 10.1 Å². The van der Waals surface area contributed by atoms with Crippen molar-refractivity contribution >= 4 is 11.5 Å². The fourth-order valence-electron chi connectivity index (χ4n) is 3.43.